The molecule has 1 aromatic rings. The van der Waals surface area contributed by atoms with Gasteiger partial charge in [0, 0.05) is 24.7 Å². The zero-order valence-electron chi connectivity index (χ0n) is 12.3. The van der Waals surface area contributed by atoms with Gasteiger partial charge in [-0.2, -0.15) is 0 Å². The van der Waals surface area contributed by atoms with Crippen molar-refractivity contribution in [1.82, 2.24) is 4.90 Å². The van der Waals surface area contributed by atoms with Crippen LogP contribution >= 0.6 is 11.6 Å². The van der Waals surface area contributed by atoms with Crippen molar-refractivity contribution in [3.63, 3.8) is 0 Å². The third-order valence-corrected chi connectivity index (χ3v) is 3.92. The van der Waals surface area contributed by atoms with Crippen molar-refractivity contribution < 1.29 is 9.84 Å². The lowest BCUT2D eigenvalue weighted by molar-refractivity contribution is 0.0429. The lowest BCUT2D eigenvalue weighted by atomic mass is 9.92. The summed E-state index contributed by atoms with van der Waals surface area (Å²) in [5, 5.41) is 10.8. The van der Waals surface area contributed by atoms with E-state index in [-0.39, 0.29) is 0 Å². The molecule has 1 aliphatic heterocycles. The van der Waals surface area contributed by atoms with E-state index in [1.807, 2.05) is 12.1 Å². The molecule has 0 unspecified atom stereocenters. The molecule has 0 spiro atoms. The summed E-state index contributed by atoms with van der Waals surface area (Å²) in [4.78, 5) is 2.34. The lowest BCUT2D eigenvalue weighted by Gasteiger charge is -2.35. The third-order valence-electron chi connectivity index (χ3n) is 3.67. The molecule has 1 aliphatic rings. The maximum atomic E-state index is 10.1. The van der Waals surface area contributed by atoms with E-state index in [0.717, 1.165) is 18.8 Å². The summed E-state index contributed by atoms with van der Waals surface area (Å²) in [6, 6.07) is 7.22. The second kappa shape index (κ2) is 7.30. The summed E-state index contributed by atoms with van der Waals surface area (Å²) >= 11 is 5.82. The third kappa shape index (κ3) is 4.97. The van der Waals surface area contributed by atoms with Crippen molar-refractivity contribution in [3.05, 3.63) is 29.3 Å². The Morgan fingerprint density at radius 1 is 1.25 bits per heavy atom. The Morgan fingerprint density at radius 3 is 2.45 bits per heavy atom. The second-order valence-electron chi connectivity index (χ2n) is 6.08. The molecule has 0 saturated carbocycles. The van der Waals surface area contributed by atoms with E-state index in [1.54, 1.807) is 12.1 Å². The van der Waals surface area contributed by atoms with Crippen molar-refractivity contribution in [2.24, 2.45) is 11.8 Å². The van der Waals surface area contributed by atoms with Crippen molar-refractivity contribution in [3.8, 4) is 5.75 Å². The van der Waals surface area contributed by atoms with Crippen LogP contribution in [0.25, 0.3) is 0 Å². The largest absolute Gasteiger partial charge is 0.491 e. The van der Waals surface area contributed by atoms with Gasteiger partial charge in [0.15, 0.2) is 0 Å². The van der Waals surface area contributed by atoms with Gasteiger partial charge in [0.1, 0.15) is 18.5 Å². The highest BCUT2D eigenvalue weighted by atomic mass is 35.5. The smallest absolute Gasteiger partial charge is 0.119 e. The van der Waals surface area contributed by atoms with Gasteiger partial charge in [-0.15, -0.1) is 0 Å². The highest BCUT2D eigenvalue weighted by molar-refractivity contribution is 6.30. The first-order chi connectivity index (χ1) is 9.52. The highest BCUT2D eigenvalue weighted by Gasteiger charge is 2.23. The summed E-state index contributed by atoms with van der Waals surface area (Å²) in [7, 11) is 0. The van der Waals surface area contributed by atoms with Crippen LogP contribution in [-0.4, -0.2) is 42.4 Å². The average Bonchev–Trinajstić information content (AvgIpc) is 2.37. The number of likely N-dealkylation sites (tertiary alicyclic amines) is 1. The number of hydrogen-bond acceptors (Lipinski definition) is 3. The first-order valence-corrected chi connectivity index (χ1v) is 7.69. The van der Waals surface area contributed by atoms with Crippen LogP contribution in [0.1, 0.15) is 20.3 Å². The average molecular weight is 298 g/mol. The Bertz CT molecular complexity index is 399. The predicted octanol–water partition coefficient (Wildman–Crippen LogP) is 3.06. The van der Waals surface area contributed by atoms with Crippen LogP contribution in [0.2, 0.25) is 5.02 Å². The fourth-order valence-corrected chi connectivity index (χ4v) is 3.14. The predicted molar refractivity (Wildman–Crippen MR) is 82.3 cm³/mol. The first-order valence-electron chi connectivity index (χ1n) is 7.31. The topological polar surface area (TPSA) is 32.7 Å². The van der Waals surface area contributed by atoms with Crippen LogP contribution < -0.4 is 4.74 Å². The molecule has 3 atom stereocenters. The molecule has 0 aromatic heterocycles. The molecule has 1 heterocycles. The van der Waals surface area contributed by atoms with E-state index in [4.69, 9.17) is 16.3 Å². The molecule has 0 radical (unpaired) electrons. The van der Waals surface area contributed by atoms with Crippen LogP contribution in [0.5, 0.6) is 5.75 Å². The van der Waals surface area contributed by atoms with Crippen molar-refractivity contribution in [2.75, 3.05) is 26.2 Å². The molecule has 112 valence electrons. The molecule has 1 fully saturated rings. The zero-order chi connectivity index (χ0) is 14.5. The van der Waals surface area contributed by atoms with Gasteiger partial charge in [-0.25, -0.2) is 0 Å². The van der Waals surface area contributed by atoms with Gasteiger partial charge in [0.25, 0.3) is 0 Å². The molecule has 2 rings (SSSR count). The van der Waals surface area contributed by atoms with E-state index in [0.29, 0.717) is 30.0 Å². The van der Waals surface area contributed by atoms with Crippen LogP contribution in [-0.2, 0) is 0 Å². The number of piperidine rings is 1. The number of ether oxygens (including phenoxy) is 1. The molecule has 20 heavy (non-hydrogen) atoms. The number of aliphatic hydroxyl groups is 1. The van der Waals surface area contributed by atoms with E-state index in [1.165, 1.54) is 6.42 Å². The first kappa shape index (κ1) is 15.6. The highest BCUT2D eigenvalue weighted by Crippen LogP contribution is 2.21. The quantitative estimate of drug-likeness (QED) is 0.907. The Balaban J connectivity index is 1.74. The molecule has 0 bridgehead atoms. The standard InChI is InChI=1S/C16H24ClNO2/c1-12-7-13(2)9-18(8-12)10-15(19)11-20-16-5-3-14(17)4-6-16/h3-6,12-13,15,19H,7-11H2,1-2H3/t12-,13-,15-/m0/s1. The van der Waals surface area contributed by atoms with Crippen LogP contribution in [0.4, 0.5) is 0 Å². The molecule has 1 aromatic carbocycles. The molecule has 0 amide bonds. The van der Waals surface area contributed by atoms with Crippen molar-refractivity contribution in [1.29, 1.82) is 0 Å². The summed E-state index contributed by atoms with van der Waals surface area (Å²) in [5.74, 6) is 2.17. The molecule has 0 aliphatic carbocycles. The maximum absolute atomic E-state index is 10.1. The van der Waals surface area contributed by atoms with Gasteiger partial charge >= 0.3 is 0 Å². The summed E-state index contributed by atoms with van der Waals surface area (Å²) in [6.07, 6.45) is 0.830. The minimum absolute atomic E-state index is 0.320. The maximum Gasteiger partial charge on any atom is 0.119 e. The van der Waals surface area contributed by atoms with E-state index >= 15 is 0 Å². The van der Waals surface area contributed by atoms with E-state index in [2.05, 4.69) is 18.7 Å². The molecule has 3 nitrogen and oxygen atoms in total. The molecule has 4 heteroatoms. The fraction of sp³-hybridized carbons (Fsp3) is 0.625. The minimum Gasteiger partial charge on any atom is -0.491 e. The summed E-state index contributed by atoms with van der Waals surface area (Å²) in [6.45, 7) is 7.70. The number of rotatable bonds is 5. The summed E-state index contributed by atoms with van der Waals surface area (Å²) < 4.78 is 5.58. The lowest BCUT2D eigenvalue weighted by Crippen LogP contribution is -2.43. The number of nitrogens with zero attached hydrogens (tertiary/aromatic N) is 1. The summed E-state index contributed by atoms with van der Waals surface area (Å²) in [5.41, 5.74) is 0. The van der Waals surface area contributed by atoms with Crippen LogP contribution in [0, 0.1) is 11.8 Å². The van der Waals surface area contributed by atoms with Crippen molar-refractivity contribution in [2.45, 2.75) is 26.4 Å². The second-order valence-corrected chi connectivity index (χ2v) is 6.52. The van der Waals surface area contributed by atoms with Gasteiger partial charge in [-0.1, -0.05) is 25.4 Å². The minimum atomic E-state index is -0.455. The normalized spacial score (nSPS) is 25.4. The van der Waals surface area contributed by atoms with Gasteiger partial charge in [0.2, 0.25) is 0 Å². The number of β-amino-alcohol motifs (C(OH)–C–C–N with tert-alkyl or cyclic N) is 1. The number of hydrogen-bond donors (Lipinski definition) is 1. The Labute approximate surface area is 126 Å². The monoisotopic (exact) mass is 297 g/mol. The number of aliphatic hydroxyl groups excluding tert-OH is 1. The SMILES string of the molecule is C[C@H]1C[C@H](C)CN(C[C@H](O)COc2ccc(Cl)cc2)C1. The van der Waals surface area contributed by atoms with Gasteiger partial charge in [0.05, 0.1) is 0 Å². The Kier molecular flexibility index (Phi) is 5.70. The van der Waals surface area contributed by atoms with Crippen molar-refractivity contribution >= 4 is 11.6 Å². The van der Waals surface area contributed by atoms with Crippen LogP contribution in [0.15, 0.2) is 24.3 Å². The fourth-order valence-electron chi connectivity index (χ4n) is 3.02. The molecular weight excluding hydrogens is 274 g/mol. The van der Waals surface area contributed by atoms with E-state index < -0.39 is 6.10 Å². The molecule has 1 saturated heterocycles. The zero-order valence-corrected chi connectivity index (χ0v) is 13.0. The van der Waals surface area contributed by atoms with Gasteiger partial charge < -0.3 is 14.7 Å². The van der Waals surface area contributed by atoms with Gasteiger partial charge in [-0.05, 0) is 42.5 Å². The van der Waals surface area contributed by atoms with E-state index in [9.17, 15) is 5.11 Å². The van der Waals surface area contributed by atoms with Crippen LogP contribution in [0.3, 0.4) is 0 Å². The number of benzene rings is 1. The molecule has 1 N–H and O–H groups in total. The Morgan fingerprint density at radius 2 is 1.85 bits per heavy atom. The molecular formula is C16H24ClNO2. The number of halogens is 1. The Hall–Kier alpha value is -0.770. The van der Waals surface area contributed by atoms with Gasteiger partial charge in [-0.3, -0.25) is 0 Å².